The Morgan fingerprint density at radius 3 is 2.27 bits per heavy atom. The number of nitrogens with zero attached hydrogens (tertiary/aromatic N) is 3. The van der Waals surface area contributed by atoms with Gasteiger partial charge in [0.05, 0.1) is 5.71 Å². The first-order chi connectivity index (χ1) is 10.4. The van der Waals surface area contributed by atoms with Crippen molar-refractivity contribution in [1.29, 1.82) is 0 Å². The van der Waals surface area contributed by atoms with Crippen molar-refractivity contribution in [1.82, 2.24) is 9.97 Å². The van der Waals surface area contributed by atoms with Crippen LogP contribution < -0.4 is 10.2 Å². The fourth-order valence-electron chi connectivity index (χ4n) is 1.85. The maximum absolute atomic E-state index is 12.1. The summed E-state index contributed by atoms with van der Waals surface area (Å²) in [6.45, 7) is 2.71. The summed E-state index contributed by atoms with van der Waals surface area (Å²) in [6, 6.07) is 8.10. The van der Waals surface area contributed by atoms with Gasteiger partial charge in [-0.05, 0) is 56.7 Å². The lowest BCUT2D eigenvalue weighted by atomic mass is 10.1. The minimum atomic E-state index is -2.83. The second-order valence-corrected chi connectivity index (χ2v) is 4.69. The van der Waals surface area contributed by atoms with Crippen LogP contribution in [0, 0.1) is 13.8 Å². The molecule has 116 valence electrons. The van der Waals surface area contributed by atoms with E-state index >= 15 is 0 Å². The van der Waals surface area contributed by atoms with Crippen molar-refractivity contribution in [3.05, 3.63) is 47.3 Å². The normalized spacial score (nSPS) is 11.6. The molecular formula is C15H16F2N4O. The van der Waals surface area contributed by atoms with Crippen molar-refractivity contribution >= 4 is 11.7 Å². The number of aromatic nitrogens is 2. The summed E-state index contributed by atoms with van der Waals surface area (Å²) >= 11 is 0. The van der Waals surface area contributed by atoms with Gasteiger partial charge in [0, 0.05) is 11.4 Å². The number of rotatable bonds is 5. The molecule has 1 aromatic carbocycles. The van der Waals surface area contributed by atoms with E-state index in [-0.39, 0.29) is 5.75 Å². The van der Waals surface area contributed by atoms with Crippen LogP contribution in [0.1, 0.15) is 23.9 Å². The van der Waals surface area contributed by atoms with Crippen LogP contribution in [-0.4, -0.2) is 22.3 Å². The summed E-state index contributed by atoms with van der Waals surface area (Å²) in [5.41, 5.74) is 5.92. The van der Waals surface area contributed by atoms with Crippen molar-refractivity contribution in [2.45, 2.75) is 27.4 Å². The summed E-state index contributed by atoms with van der Waals surface area (Å²) in [6.07, 6.45) is 0. The standard InChI is InChI=1S/C15H16F2N4O/c1-9-8-10(2)19-15(18-9)21-20-11(3)12-4-6-13(7-5-12)22-14(16)17/h4-8,14H,1-3H3,(H,18,19,21)/b20-11-. The zero-order valence-corrected chi connectivity index (χ0v) is 12.5. The Kier molecular flexibility index (Phi) is 4.98. The van der Waals surface area contributed by atoms with E-state index in [4.69, 9.17) is 0 Å². The van der Waals surface area contributed by atoms with Gasteiger partial charge in [0.2, 0.25) is 5.95 Å². The number of nitrogens with one attached hydrogen (secondary N) is 1. The van der Waals surface area contributed by atoms with Crippen molar-refractivity contribution in [3.8, 4) is 5.75 Å². The van der Waals surface area contributed by atoms with Crippen LogP contribution in [0.15, 0.2) is 35.4 Å². The van der Waals surface area contributed by atoms with Gasteiger partial charge in [-0.25, -0.2) is 15.4 Å². The van der Waals surface area contributed by atoms with Crippen LogP contribution in [-0.2, 0) is 0 Å². The van der Waals surface area contributed by atoms with Crippen LogP contribution >= 0.6 is 0 Å². The van der Waals surface area contributed by atoms with Crippen LogP contribution in [0.2, 0.25) is 0 Å². The Bertz CT molecular complexity index is 651. The number of hydrogen-bond donors (Lipinski definition) is 1. The summed E-state index contributed by atoms with van der Waals surface area (Å²) in [5.74, 6) is 0.520. The largest absolute Gasteiger partial charge is 0.435 e. The molecule has 22 heavy (non-hydrogen) atoms. The molecule has 2 rings (SSSR count). The van der Waals surface area contributed by atoms with E-state index in [0.29, 0.717) is 11.7 Å². The van der Waals surface area contributed by atoms with Crippen molar-refractivity contribution in [2.24, 2.45) is 5.10 Å². The third kappa shape index (κ3) is 4.47. The number of hydrazone groups is 1. The molecule has 0 spiro atoms. The molecule has 7 heteroatoms. The molecule has 1 N–H and O–H groups in total. The fraction of sp³-hybridized carbons (Fsp3) is 0.267. The third-order valence-corrected chi connectivity index (χ3v) is 2.80. The van der Waals surface area contributed by atoms with Crippen LogP contribution in [0.25, 0.3) is 0 Å². The molecule has 0 saturated heterocycles. The number of anilines is 1. The van der Waals surface area contributed by atoms with E-state index in [2.05, 4.69) is 25.2 Å². The maximum atomic E-state index is 12.1. The van der Waals surface area contributed by atoms with E-state index in [1.165, 1.54) is 12.1 Å². The number of ether oxygens (including phenoxy) is 1. The molecule has 1 aromatic heterocycles. The third-order valence-electron chi connectivity index (χ3n) is 2.80. The Morgan fingerprint density at radius 2 is 1.73 bits per heavy atom. The topological polar surface area (TPSA) is 59.4 Å². The first-order valence-electron chi connectivity index (χ1n) is 6.62. The molecule has 0 aliphatic carbocycles. The number of halogens is 2. The number of aryl methyl sites for hydroxylation is 2. The Hall–Kier alpha value is -2.57. The van der Waals surface area contributed by atoms with Crippen LogP contribution in [0.3, 0.4) is 0 Å². The van der Waals surface area contributed by atoms with Gasteiger partial charge < -0.3 is 4.74 Å². The molecule has 5 nitrogen and oxygen atoms in total. The molecule has 2 aromatic rings. The quantitative estimate of drug-likeness (QED) is 0.678. The average molecular weight is 306 g/mol. The molecule has 0 saturated carbocycles. The van der Waals surface area contributed by atoms with E-state index < -0.39 is 6.61 Å². The van der Waals surface area contributed by atoms with Crippen LogP contribution in [0.4, 0.5) is 14.7 Å². The molecule has 0 amide bonds. The molecule has 0 atom stereocenters. The van der Waals surface area contributed by atoms with E-state index in [1.807, 2.05) is 19.9 Å². The SMILES string of the molecule is C/C(=N/Nc1nc(C)cc(C)n1)c1ccc(OC(F)F)cc1. The van der Waals surface area contributed by atoms with E-state index in [0.717, 1.165) is 17.0 Å². The summed E-state index contributed by atoms with van der Waals surface area (Å²) in [4.78, 5) is 8.43. The lowest BCUT2D eigenvalue weighted by Gasteiger charge is -2.06. The number of alkyl halides is 2. The van der Waals surface area contributed by atoms with Crippen molar-refractivity contribution in [3.63, 3.8) is 0 Å². The highest BCUT2D eigenvalue weighted by Crippen LogP contribution is 2.15. The van der Waals surface area contributed by atoms with Gasteiger partial charge in [0.15, 0.2) is 0 Å². The Morgan fingerprint density at radius 1 is 1.14 bits per heavy atom. The molecule has 1 heterocycles. The molecule has 0 fully saturated rings. The number of hydrogen-bond acceptors (Lipinski definition) is 5. The Balaban J connectivity index is 2.08. The monoisotopic (exact) mass is 306 g/mol. The highest BCUT2D eigenvalue weighted by molar-refractivity contribution is 5.99. The van der Waals surface area contributed by atoms with Gasteiger partial charge >= 0.3 is 6.61 Å². The van der Waals surface area contributed by atoms with E-state index in [1.54, 1.807) is 19.1 Å². The van der Waals surface area contributed by atoms with Gasteiger partial charge in [-0.3, -0.25) is 0 Å². The maximum Gasteiger partial charge on any atom is 0.387 e. The molecular weight excluding hydrogens is 290 g/mol. The average Bonchev–Trinajstić information content (AvgIpc) is 2.44. The fourth-order valence-corrected chi connectivity index (χ4v) is 1.85. The van der Waals surface area contributed by atoms with Crippen molar-refractivity contribution < 1.29 is 13.5 Å². The first-order valence-corrected chi connectivity index (χ1v) is 6.62. The molecule has 0 aliphatic heterocycles. The lowest BCUT2D eigenvalue weighted by molar-refractivity contribution is -0.0498. The molecule has 0 aliphatic rings. The second-order valence-electron chi connectivity index (χ2n) is 4.69. The van der Waals surface area contributed by atoms with Gasteiger partial charge in [0.1, 0.15) is 5.75 Å². The van der Waals surface area contributed by atoms with Gasteiger partial charge in [-0.1, -0.05) is 0 Å². The lowest BCUT2D eigenvalue weighted by Crippen LogP contribution is -2.04. The zero-order chi connectivity index (χ0) is 16.1. The molecule has 0 bridgehead atoms. The van der Waals surface area contributed by atoms with Gasteiger partial charge in [-0.2, -0.15) is 13.9 Å². The van der Waals surface area contributed by atoms with Gasteiger partial charge in [-0.15, -0.1) is 0 Å². The number of benzene rings is 1. The smallest absolute Gasteiger partial charge is 0.387 e. The minimum Gasteiger partial charge on any atom is -0.435 e. The first kappa shape index (κ1) is 15.8. The summed E-state index contributed by atoms with van der Waals surface area (Å²) in [5, 5.41) is 4.19. The summed E-state index contributed by atoms with van der Waals surface area (Å²) < 4.78 is 28.5. The second kappa shape index (κ2) is 6.93. The van der Waals surface area contributed by atoms with E-state index in [9.17, 15) is 8.78 Å². The highest BCUT2D eigenvalue weighted by atomic mass is 19.3. The predicted molar refractivity (Wildman–Crippen MR) is 80.4 cm³/mol. The molecule has 0 radical (unpaired) electrons. The van der Waals surface area contributed by atoms with Gasteiger partial charge in [0.25, 0.3) is 0 Å². The summed E-state index contributed by atoms with van der Waals surface area (Å²) in [7, 11) is 0. The van der Waals surface area contributed by atoms with Crippen LogP contribution in [0.5, 0.6) is 5.75 Å². The zero-order valence-electron chi connectivity index (χ0n) is 12.5. The predicted octanol–water partition coefficient (Wildman–Crippen LogP) is 3.53. The van der Waals surface area contributed by atoms with Crippen molar-refractivity contribution in [2.75, 3.05) is 5.43 Å². The highest BCUT2D eigenvalue weighted by Gasteiger charge is 2.05. The molecule has 0 unspecified atom stereocenters. The Labute approximate surface area is 127 Å². The minimum absolute atomic E-state index is 0.108.